The highest BCUT2D eigenvalue weighted by Gasteiger charge is 2.19. The summed E-state index contributed by atoms with van der Waals surface area (Å²) in [6.07, 6.45) is 0. The second-order valence-corrected chi connectivity index (χ2v) is 3.87. The van der Waals surface area contributed by atoms with E-state index in [1.165, 1.54) is 24.3 Å². The maximum absolute atomic E-state index is 11.9. The van der Waals surface area contributed by atoms with Crippen LogP contribution in [0.5, 0.6) is 0 Å². The van der Waals surface area contributed by atoms with Crippen molar-refractivity contribution in [1.29, 1.82) is 0 Å². The Kier molecular flexibility index (Phi) is 3.03. The first-order valence-electron chi connectivity index (χ1n) is 4.83. The smallest absolute Gasteiger partial charge is 0.398 e. The first-order valence-corrected chi connectivity index (χ1v) is 5.21. The predicted octanol–water partition coefficient (Wildman–Crippen LogP) is 2.65. The molecular weight excluding hydrogens is 260 g/mol. The molecule has 0 aliphatic carbocycles. The molecule has 7 heteroatoms. The second-order valence-electron chi connectivity index (χ2n) is 3.46. The highest BCUT2D eigenvalue weighted by Crippen LogP contribution is 2.23. The highest BCUT2D eigenvalue weighted by atomic mass is 35.5. The number of benzene rings is 1. The van der Waals surface area contributed by atoms with Crippen molar-refractivity contribution < 1.29 is 14.1 Å². The predicted molar refractivity (Wildman–Crippen MR) is 64.7 cm³/mol. The molecule has 2 rings (SSSR count). The third-order valence-corrected chi connectivity index (χ3v) is 2.59. The number of nitrogens with zero attached hydrogens (tertiary/aromatic N) is 1. The normalized spacial score (nSPS) is 10.3. The van der Waals surface area contributed by atoms with Crippen LogP contribution in [-0.2, 0) is 0 Å². The van der Waals surface area contributed by atoms with E-state index in [1.54, 1.807) is 0 Å². The summed E-state index contributed by atoms with van der Waals surface area (Å²) in [5.41, 5.74) is 6.11. The van der Waals surface area contributed by atoms with E-state index < -0.39 is 16.6 Å². The van der Waals surface area contributed by atoms with Gasteiger partial charge in [0.15, 0.2) is 5.76 Å². The molecule has 2 aromatic rings. The molecule has 0 aliphatic rings. The molecule has 92 valence electrons. The molecule has 1 aromatic carbocycles. The number of nitrogen functional groups attached to an aromatic ring is 1. The molecule has 0 amide bonds. The number of anilines is 1. The van der Waals surface area contributed by atoms with Gasteiger partial charge in [0.05, 0.1) is 16.8 Å². The Morgan fingerprint density at radius 2 is 2.06 bits per heavy atom. The van der Waals surface area contributed by atoms with Crippen molar-refractivity contribution in [2.45, 2.75) is 0 Å². The van der Waals surface area contributed by atoms with E-state index in [4.69, 9.17) is 21.8 Å². The van der Waals surface area contributed by atoms with Gasteiger partial charge in [-0.1, -0.05) is 11.6 Å². The van der Waals surface area contributed by atoms with Crippen molar-refractivity contribution in [1.82, 2.24) is 0 Å². The zero-order valence-corrected chi connectivity index (χ0v) is 9.68. The molecule has 0 spiro atoms. The van der Waals surface area contributed by atoms with Gasteiger partial charge in [0, 0.05) is 5.56 Å². The monoisotopic (exact) mass is 266 g/mol. The molecule has 0 unspecified atom stereocenters. The molecule has 1 heterocycles. The minimum absolute atomic E-state index is 0.123. The second kappa shape index (κ2) is 4.50. The van der Waals surface area contributed by atoms with E-state index in [-0.39, 0.29) is 16.3 Å². The van der Waals surface area contributed by atoms with E-state index in [0.717, 1.165) is 6.07 Å². The van der Waals surface area contributed by atoms with Crippen LogP contribution in [0.1, 0.15) is 16.1 Å². The van der Waals surface area contributed by atoms with Crippen LogP contribution >= 0.6 is 11.6 Å². The zero-order chi connectivity index (χ0) is 13.3. The number of nitro groups is 1. The molecule has 0 saturated carbocycles. The fourth-order valence-corrected chi connectivity index (χ4v) is 1.54. The molecule has 0 fully saturated rings. The summed E-state index contributed by atoms with van der Waals surface area (Å²) in [6.45, 7) is 0. The van der Waals surface area contributed by atoms with Gasteiger partial charge < -0.3 is 10.2 Å². The number of carbonyl (C=O) groups excluding carboxylic acids is 1. The van der Waals surface area contributed by atoms with Crippen LogP contribution in [0.15, 0.2) is 34.7 Å². The van der Waals surface area contributed by atoms with Crippen LogP contribution in [0.25, 0.3) is 0 Å². The van der Waals surface area contributed by atoms with E-state index in [2.05, 4.69) is 0 Å². The number of hydrogen-bond acceptors (Lipinski definition) is 5. The fourth-order valence-electron chi connectivity index (χ4n) is 1.36. The van der Waals surface area contributed by atoms with Gasteiger partial charge in [0.2, 0.25) is 5.78 Å². The number of nitrogens with two attached hydrogens (primary N) is 1. The van der Waals surface area contributed by atoms with Crippen molar-refractivity contribution >= 4 is 29.0 Å². The van der Waals surface area contributed by atoms with Crippen LogP contribution in [0, 0.1) is 10.1 Å². The lowest BCUT2D eigenvalue weighted by molar-refractivity contribution is -0.402. The lowest BCUT2D eigenvalue weighted by Crippen LogP contribution is -2.00. The largest absolute Gasteiger partial charge is 0.433 e. The molecule has 18 heavy (non-hydrogen) atoms. The van der Waals surface area contributed by atoms with Gasteiger partial charge in [-0.15, -0.1) is 0 Å². The van der Waals surface area contributed by atoms with Gasteiger partial charge in [-0.25, -0.2) is 0 Å². The SMILES string of the molecule is Nc1ccc(C(=O)c2ccc([N+](=O)[O-])o2)cc1Cl. The zero-order valence-electron chi connectivity index (χ0n) is 8.92. The van der Waals surface area contributed by atoms with Crippen LogP contribution < -0.4 is 5.73 Å². The van der Waals surface area contributed by atoms with Crippen LogP contribution in [0.2, 0.25) is 5.02 Å². The van der Waals surface area contributed by atoms with Crippen molar-refractivity contribution in [3.05, 3.63) is 56.8 Å². The van der Waals surface area contributed by atoms with Gasteiger partial charge in [-0.2, -0.15) is 0 Å². The summed E-state index contributed by atoms with van der Waals surface area (Å²) < 4.78 is 4.81. The molecule has 1 aromatic heterocycles. The van der Waals surface area contributed by atoms with E-state index >= 15 is 0 Å². The van der Waals surface area contributed by atoms with Crippen LogP contribution in [-0.4, -0.2) is 10.7 Å². The average molecular weight is 267 g/mol. The number of ketones is 1. The van der Waals surface area contributed by atoms with Gasteiger partial charge in [-0.3, -0.25) is 14.9 Å². The molecule has 0 bridgehead atoms. The number of carbonyl (C=O) groups is 1. The molecule has 0 atom stereocenters. The van der Waals surface area contributed by atoms with Gasteiger partial charge >= 0.3 is 5.88 Å². The van der Waals surface area contributed by atoms with E-state index in [9.17, 15) is 14.9 Å². The van der Waals surface area contributed by atoms with Gasteiger partial charge in [0.1, 0.15) is 4.92 Å². The van der Waals surface area contributed by atoms with Crippen molar-refractivity contribution in [2.24, 2.45) is 0 Å². The molecule has 2 N–H and O–H groups in total. The molecule has 0 saturated heterocycles. The van der Waals surface area contributed by atoms with Crippen molar-refractivity contribution in [3.63, 3.8) is 0 Å². The van der Waals surface area contributed by atoms with E-state index in [0.29, 0.717) is 5.69 Å². The third kappa shape index (κ3) is 2.18. The number of rotatable bonds is 3. The van der Waals surface area contributed by atoms with Gasteiger partial charge in [0.25, 0.3) is 0 Å². The van der Waals surface area contributed by atoms with Crippen LogP contribution in [0.4, 0.5) is 11.6 Å². The minimum Gasteiger partial charge on any atom is -0.398 e. The Labute approximate surface area is 106 Å². The Hall–Kier alpha value is -2.34. The Morgan fingerprint density at radius 3 is 2.61 bits per heavy atom. The summed E-state index contributed by atoms with van der Waals surface area (Å²) in [5, 5.41) is 10.7. The molecule has 0 aliphatic heterocycles. The summed E-state index contributed by atoms with van der Waals surface area (Å²) >= 11 is 5.78. The highest BCUT2D eigenvalue weighted by molar-refractivity contribution is 6.33. The summed E-state index contributed by atoms with van der Waals surface area (Å²) in [4.78, 5) is 21.6. The molecular formula is C11H7ClN2O4. The van der Waals surface area contributed by atoms with E-state index in [1.807, 2.05) is 0 Å². The Morgan fingerprint density at radius 1 is 1.33 bits per heavy atom. The topological polar surface area (TPSA) is 99.4 Å². The summed E-state index contributed by atoms with van der Waals surface area (Å²) in [7, 11) is 0. The third-order valence-electron chi connectivity index (χ3n) is 2.26. The first kappa shape index (κ1) is 12.1. The number of halogens is 1. The van der Waals surface area contributed by atoms with Gasteiger partial charge in [-0.05, 0) is 24.3 Å². The maximum Gasteiger partial charge on any atom is 0.433 e. The fraction of sp³-hybridized carbons (Fsp3) is 0. The number of furan rings is 1. The first-order chi connectivity index (χ1) is 8.49. The summed E-state index contributed by atoms with van der Waals surface area (Å²) in [6, 6.07) is 6.69. The molecule has 0 radical (unpaired) electrons. The number of hydrogen-bond donors (Lipinski definition) is 1. The average Bonchev–Trinajstić information content (AvgIpc) is 2.81. The lowest BCUT2D eigenvalue weighted by atomic mass is 10.1. The maximum atomic E-state index is 11.9. The lowest BCUT2D eigenvalue weighted by Gasteiger charge is -2.00. The van der Waals surface area contributed by atoms with Crippen molar-refractivity contribution in [3.8, 4) is 0 Å². The minimum atomic E-state index is -0.716. The quantitative estimate of drug-likeness (QED) is 0.398. The summed E-state index contributed by atoms with van der Waals surface area (Å²) in [5.74, 6) is -1.10. The standard InChI is InChI=1S/C11H7ClN2O4/c12-7-5-6(1-2-8(7)13)11(15)9-3-4-10(18-9)14(16)17/h1-5H,13H2. The molecule has 6 nitrogen and oxygen atoms in total. The van der Waals surface area contributed by atoms with Crippen LogP contribution in [0.3, 0.4) is 0 Å². The van der Waals surface area contributed by atoms with Crippen molar-refractivity contribution in [2.75, 3.05) is 5.73 Å². The Bertz CT molecular complexity index is 636. The Balaban J connectivity index is 2.35.